The Morgan fingerprint density at radius 2 is 2.19 bits per heavy atom. The van der Waals surface area contributed by atoms with E-state index in [1.165, 1.54) is 24.5 Å². The van der Waals surface area contributed by atoms with Crippen molar-refractivity contribution in [2.75, 3.05) is 19.0 Å². The highest BCUT2D eigenvalue weighted by atomic mass is 32.1. The average Bonchev–Trinajstić information content (AvgIpc) is 3.02. The number of nitrogens with zero attached hydrogens (tertiary/aromatic N) is 3. The highest BCUT2D eigenvalue weighted by molar-refractivity contribution is 7.15. The fraction of sp³-hybridized carbons (Fsp3) is 0.312. The largest absolute Gasteiger partial charge is 0.453 e. The van der Waals surface area contributed by atoms with Gasteiger partial charge in [-0.1, -0.05) is 17.4 Å². The van der Waals surface area contributed by atoms with Crippen molar-refractivity contribution in [1.29, 1.82) is 0 Å². The van der Waals surface area contributed by atoms with Crippen molar-refractivity contribution in [3.63, 3.8) is 0 Å². The van der Waals surface area contributed by atoms with Crippen LogP contribution in [-0.4, -0.2) is 40.5 Å². The number of thiazole rings is 1. The first kappa shape index (κ1) is 17.8. The van der Waals surface area contributed by atoms with E-state index in [-0.39, 0.29) is 17.2 Å². The summed E-state index contributed by atoms with van der Waals surface area (Å²) in [6.07, 6.45) is -0.0510. The third-order valence-electron chi connectivity index (χ3n) is 4.07. The lowest BCUT2D eigenvalue weighted by Crippen LogP contribution is -2.35. The Morgan fingerprint density at radius 1 is 1.42 bits per heavy atom. The zero-order chi connectivity index (χ0) is 18.8. The Bertz CT molecular complexity index is 895. The van der Waals surface area contributed by atoms with Crippen LogP contribution in [0.2, 0.25) is 0 Å². The number of nitro groups is 1. The lowest BCUT2D eigenvalue weighted by molar-refractivity contribution is -0.385. The summed E-state index contributed by atoms with van der Waals surface area (Å²) in [5.74, 6) is -0.269. The fourth-order valence-electron chi connectivity index (χ4n) is 2.68. The molecule has 0 saturated heterocycles. The first-order valence-corrected chi connectivity index (χ1v) is 8.58. The molecule has 1 aromatic carbocycles. The van der Waals surface area contributed by atoms with Crippen LogP contribution in [0.3, 0.4) is 0 Å². The Morgan fingerprint density at radius 3 is 2.88 bits per heavy atom. The van der Waals surface area contributed by atoms with Gasteiger partial charge >= 0.3 is 6.09 Å². The summed E-state index contributed by atoms with van der Waals surface area (Å²) in [6, 6.07) is 4.48. The van der Waals surface area contributed by atoms with Gasteiger partial charge in [0, 0.05) is 35.0 Å². The molecule has 136 valence electrons. The van der Waals surface area contributed by atoms with Crippen LogP contribution in [0.25, 0.3) is 0 Å². The number of anilines is 1. The summed E-state index contributed by atoms with van der Waals surface area (Å²) in [7, 11) is 1.27. The summed E-state index contributed by atoms with van der Waals surface area (Å²) in [4.78, 5) is 41.4. The summed E-state index contributed by atoms with van der Waals surface area (Å²) < 4.78 is 4.54. The normalized spacial score (nSPS) is 13.1. The Kier molecular flexibility index (Phi) is 4.85. The summed E-state index contributed by atoms with van der Waals surface area (Å²) >= 11 is 1.28. The highest BCUT2D eigenvalue weighted by Crippen LogP contribution is 2.29. The molecule has 0 aliphatic carbocycles. The van der Waals surface area contributed by atoms with Crippen LogP contribution in [0.1, 0.15) is 26.5 Å². The number of aromatic nitrogens is 1. The van der Waals surface area contributed by atoms with Gasteiger partial charge < -0.3 is 9.64 Å². The number of fused-ring (bicyclic) bond motifs is 1. The minimum absolute atomic E-state index is 0.0732. The molecule has 0 unspecified atom stereocenters. The topological polar surface area (TPSA) is 115 Å². The monoisotopic (exact) mass is 376 g/mol. The standard InChI is InChI=1S/C16H16N4O5S/c1-9-3-4-10(7-12(9)20(23)24)14(21)19-6-5-11-13(8-19)26-15(17-11)18-16(22)25-2/h3-4,7H,5-6,8H2,1-2H3,(H,17,18,22). The molecule has 0 fully saturated rings. The zero-order valence-electron chi connectivity index (χ0n) is 14.1. The maximum atomic E-state index is 12.7. The zero-order valence-corrected chi connectivity index (χ0v) is 15.0. The number of methoxy groups -OCH3 is 1. The third kappa shape index (κ3) is 3.49. The van der Waals surface area contributed by atoms with Crippen LogP contribution in [-0.2, 0) is 17.7 Å². The van der Waals surface area contributed by atoms with Gasteiger partial charge in [0.25, 0.3) is 11.6 Å². The van der Waals surface area contributed by atoms with Crippen molar-refractivity contribution in [2.24, 2.45) is 0 Å². The smallest absolute Gasteiger partial charge is 0.413 e. The number of carbonyl (C=O) groups is 2. The van der Waals surface area contributed by atoms with Crippen molar-refractivity contribution in [3.8, 4) is 0 Å². The molecule has 26 heavy (non-hydrogen) atoms. The molecule has 10 heteroatoms. The number of hydrogen-bond acceptors (Lipinski definition) is 7. The second kappa shape index (κ2) is 7.08. The van der Waals surface area contributed by atoms with Gasteiger partial charge in [-0.25, -0.2) is 9.78 Å². The predicted octanol–water partition coefficient (Wildman–Crippen LogP) is 2.74. The second-order valence-corrected chi connectivity index (χ2v) is 6.82. The van der Waals surface area contributed by atoms with E-state index in [1.54, 1.807) is 24.0 Å². The Balaban J connectivity index is 1.78. The maximum absolute atomic E-state index is 12.7. The molecule has 2 heterocycles. The lowest BCUT2D eigenvalue weighted by Gasteiger charge is -2.26. The third-order valence-corrected chi connectivity index (χ3v) is 5.06. The Labute approximate surface area is 152 Å². The summed E-state index contributed by atoms with van der Waals surface area (Å²) in [6.45, 7) is 2.43. The van der Waals surface area contributed by atoms with Gasteiger partial charge in [0.2, 0.25) is 0 Å². The molecule has 3 rings (SSSR count). The maximum Gasteiger partial charge on any atom is 0.413 e. The van der Waals surface area contributed by atoms with E-state index in [1.807, 2.05) is 0 Å². The van der Waals surface area contributed by atoms with Crippen molar-refractivity contribution >= 4 is 34.2 Å². The highest BCUT2D eigenvalue weighted by Gasteiger charge is 2.26. The first-order valence-electron chi connectivity index (χ1n) is 7.77. The van der Waals surface area contributed by atoms with Gasteiger partial charge in [-0.3, -0.25) is 20.2 Å². The van der Waals surface area contributed by atoms with Crippen molar-refractivity contribution in [3.05, 3.63) is 50.0 Å². The van der Waals surface area contributed by atoms with Crippen molar-refractivity contribution < 1.29 is 19.2 Å². The molecule has 1 N–H and O–H groups in total. The molecule has 2 amide bonds. The van der Waals surface area contributed by atoms with Gasteiger partial charge in [0.1, 0.15) is 0 Å². The number of amides is 2. The van der Waals surface area contributed by atoms with Crippen LogP contribution < -0.4 is 5.32 Å². The first-order chi connectivity index (χ1) is 12.4. The molecule has 0 spiro atoms. The van der Waals surface area contributed by atoms with Crippen molar-refractivity contribution in [2.45, 2.75) is 19.9 Å². The van der Waals surface area contributed by atoms with E-state index in [9.17, 15) is 19.7 Å². The summed E-state index contributed by atoms with van der Waals surface area (Å²) in [5, 5.41) is 14.0. The molecule has 1 aliphatic rings. The van der Waals surface area contributed by atoms with Gasteiger partial charge in [-0.15, -0.1) is 0 Å². The minimum Gasteiger partial charge on any atom is -0.453 e. The van der Waals surface area contributed by atoms with Gasteiger partial charge in [-0.2, -0.15) is 0 Å². The molecule has 1 aliphatic heterocycles. The van der Waals surface area contributed by atoms with Gasteiger partial charge in [0.15, 0.2) is 5.13 Å². The van der Waals surface area contributed by atoms with E-state index in [2.05, 4.69) is 15.0 Å². The number of ether oxygens (including phenoxy) is 1. The minimum atomic E-state index is -0.601. The van der Waals surface area contributed by atoms with Crippen LogP contribution in [0, 0.1) is 17.0 Å². The number of hydrogen-bond donors (Lipinski definition) is 1. The second-order valence-electron chi connectivity index (χ2n) is 5.74. The quantitative estimate of drug-likeness (QED) is 0.651. The number of rotatable bonds is 3. The van der Waals surface area contributed by atoms with E-state index >= 15 is 0 Å². The molecule has 9 nitrogen and oxygen atoms in total. The van der Waals surface area contributed by atoms with Crippen LogP contribution in [0.15, 0.2) is 18.2 Å². The molecular formula is C16H16N4O5S. The molecule has 0 atom stereocenters. The van der Waals surface area contributed by atoms with E-state index in [0.717, 1.165) is 10.6 Å². The predicted molar refractivity (Wildman–Crippen MR) is 94.4 cm³/mol. The Hall–Kier alpha value is -3.01. The molecule has 0 bridgehead atoms. The van der Waals surface area contributed by atoms with Crippen LogP contribution in [0.5, 0.6) is 0 Å². The fourth-order valence-corrected chi connectivity index (χ4v) is 3.69. The van der Waals surface area contributed by atoms with Crippen LogP contribution in [0.4, 0.5) is 15.6 Å². The molecule has 1 aromatic heterocycles. The molecule has 0 radical (unpaired) electrons. The van der Waals surface area contributed by atoms with Crippen LogP contribution >= 0.6 is 11.3 Å². The lowest BCUT2D eigenvalue weighted by atomic mass is 10.1. The SMILES string of the molecule is COC(=O)Nc1nc2c(s1)CN(C(=O)c1ccc(C)c([N+](=O)[O-])c1)CC2. The number of carbonyl (C=O) groups excluding carboxylic acids is 2. The average molecular weight is 376 g/mol. The van der Waals surface area contributed by atoms with Gasteiger partial charge in [-0.05, 0) is 13.0 Å². The van der Waals surface area contributed by atoms with E-state index in [0.29, 0.717) is 30.2 Å². The summed E-state index contributed by atoms with van der Waals surface area (Å²) in [5.41, 5.74) is 1.55. The number of benzene rings is 1. The molecule has 0 saturated carbocycles. The molecular weight excluding hydrogens is 360 g/mol. The number of nitro benzene ring substituents is 1. The van der Waals surface area contributed by atoms with Gasteiger partial charge in [0.05, 0.1) is 24.3 Å². The number of nitrogens with one attached hydrogen (secondary N) is 1. The van der Waals surface area contributed by atoms with E-state index in [4.69, 9.17) is 0 Å². The number of aryl methyl sites for hydroxylation is 1. The van der Waals surface area contributed by atoms with Crippen molar-refractivity contribution in [1.82, 2.24) is 9.88 Å². The molecule has 2 aromatic rings. The van der Waals surface area contributed by atoms with E-state index < -0.39 is 11.0 Å².